The Bertz CT molecular complexity index is 662. The Morgan fingerprint density at radius 1 is 1.43 bits per heavy atom. The van der Waals surface area contributed by atoms with Crippen molar-refractivity contribution in [3.63, 3.8) is 0 Å². The van der Waals surface area contributed by atoms with Crippen LogP contribution in [0.3, 0.4) is 0 Å². The zero-order valence-corrected chi connectivity index (χ0v) is 12.9. The molecule has 4 N–H and O–H groups in total. The first kappa shape index (κ1) is 15.4. The van der Waals surface area contributed by atoms with E-state index in [4.69, 9.17) is 11.1 Å². The summed E-state index contributed by atoms with van der Waals surface area (Å²) in [5.74, 6) is 0.116. The van der Waals surface area contributed by atoms with Gasteiger partial charge in [0.15, 0.2) is 5.16 Å². The summed E-state index contributed by atoms with van der Waals surface area (Å²) in [6.45, 7) is 3.87. The molecule has 21 heavy (non-hydrogen) atoms. The normalized spacial score (nSPS) is 12.5. The zero-order chi connectivity index (χ0) is 15.4. The van der Waals surface area contributed by atoms with Crippen LogP contribution in [-0.4, -0.2) is 20.6 Å². The number of nitrogens with two attached hydrogens (primary N) is 1. The minimum Gasteiger partial charge on any atom is -0.388 e. The molecule has 0 saturated heterocycles. The Balaban J connectivity index is 2.32. The van der Waals surface area contributed by atoms with E-state index in [1.807, 2.05) is 44.2 Å². The molecule has 0 aliphatic heterocycles. The highest BCUT2D eigenvalue weighted by molar-refractivity contribution is 7.99. The van der Waals surface area contributed by atoms with Gasteiger partial charge in [0, 0.05) is 17.7 Å². The highest BCUT2D eigenvalue weighted by Gasteiger charge is 2.20. The number of aromatic amines is 1. The van der Waals surface area contributed by atoms with E-state index in [1.165, 1.54) is 11.8 Å². The smallest absolute Gasteiger partial charge is 0.344 e. The van der Waals surface area contributed by atoms with Crippen molar-refractivity contribution < 1.29 is 0 Å². The summed E-state index contributed by atoms with van der Waals surface area (Å²) in [4.78, 5) is 11.8. The van der Waals surface area contributed by atoms with Crippen LogP contribution in [0.4, 0.5) is 0 Å². The molecule has 0 radical (unpaired) electrons. The largest absolute Gasteiger partial charge is 0.388 e. The van der Waals surface area contributed by atoms with Gasteiger partial charge >= 0.3 is 5.69 Å². The number of thioether (sulfide) groups is 1. The monoisotopic (exact) mass is 305 g/mol. The van der Waals surface area contributed by atoms with E-state index >= 15 is 0 Å². The van der Waals surface area contributed by atoms with Crippen LogP contribution >= 0.6 is 11.8 Å². The van der Waals surface area contributed by atoms with Crippen molar-refractivity contribution >= 4 is 17.6 Å². The Morgan fingerprint density at radius 3 is 2.67 bits per heavy atom. The molecule has 0 bridgehead atoms. The second-order valence-corrected chi connectivity index (χ2v) is 6.19. The highest BCUT2D eigenvalue weighted by atomic mass is 32.2. The number of aromatic nitrogens is 3. The van der Waals surface area contributed by atoms with Crippen LogP contribution in [0.1, 0.15) is 37.1 Å². The van der Waals surface area contributed by atoms with Gasteiger partial charge in [-0.2, -0.15) is 0 Å². The maximum Gasteiger partial charge on any atom is 0.344 e. The molecule has 0 spiro atoms. The lowest BCUT2D eigenvalue weighted by molar-refractivity contribution is 0.533. The molecular formula is C14H19N5OS. The van der Waals surface area contributed by atoms with Crippen molar-refractivity contribution in [2.75, 3.05) is 0 Å². The molecule has 2 aromatic rings. The van der Waals surface area contributed by atoms with Crippen LogP contribution in [0.15, 0.2) is 40.3 Å². The zero-order valence-electron chi connectivity index (χ0n) is 12.0. The minimum atomic E-state index is -0.220. The van der Waals surface area contributed by atoms with Crippen LogP contribution < -0.4 is 11.4 Å². The molecule has 0 aliphatic carbocycles. The summed E-state index contributed by atoms with van der Waals surface area (Å²) in [7, 11) is 0. The van der Waals surface area contributed by atoms with Crippen molar-refractivity contribution in [2.24, 2.45) is 5.73 Å². The standard InChI is InChI=1S/C14H19N5OS/c1-9(2)19-13(20)17-18-14(19)21-11(8-12(15)16)10-6-4-3-5-7-10/h3-7,9,11H,8H2,1-2H3,(H3,15,16)(H,17,20). The van der Waals surface area contributed by atoms with Gasteiger partial charge in [-0.05, 0) is 19.4 Å². The van der Waals surface area contributed by atoms with Crippen molar-refractivity contribution in [3.8, 4) is 0 Å². The van der Waals surface area contributed by atoms with E-state index in [-0.39, 0.29) is 22.8 Å². The fourth-order valence-electron chi connectivity index (χ4n) is 2.05. The summed E-state index contributed by atoms with van der Waals surface area (Å²) in [5, 5.41) is 14.7. The summed E-state index contributed by atoms with van der Waals surface area (Å²) < 4.78 is 1.61. The second kappa shape index (κ2) is 6.62. The second-order valence-electron chi connectivity index (χ2n) is 5.02. The molecule has 1 heterocycles. The lowest BCUT2D eigenvalue weighted by Crippen LogP contribution is -2.20. The summed E-state index contributed by atoms with van der Waals surface area (Å²) in [6.07, 6.45) is 0.411. The molecular weight excluding hydrogens is 286 g/mol. The highest BCUT2D eigenvalue weighted by Crippen LogP contribution is 2.36. The van der Waals surface area contributed by atoms with Gasteiger partial charge in [0.2, 0.25) is 0 Å². The topological polar surface area (TPSA) is 101 Å². The summed E-state index contributed by atoms with van der Waals surface area (Å²) >= 11 is 1.45. The van der Waals surface area contributed by atoms with Gasteiger partial charge in [0.05, 0.1) is 5.84 Å². The first-order chi connectivity index (χ1) is 9.99. The molecule has 0 fully saturated rings. The number of hydrogen-bond acceptors (Lipinski definition) is 4. The molecule has 1 aromatic heterocycles. The Hall–Kier alpha value is -2.02. The maximum absolute atomic E-state index is 11.8. The van der Waals surface area contributed by atoms with E-state index < -0.39 is 0 Å². The van der Waals surface area contributed by atoms with E-state index in [2.05, 4.69) is 10.2 Å². The fraction of sp³-hybridized carbons (Fsp3) is 0.357. The van der Waals surface area contributed by atoms with Gasteiger partial charge < -0.3 is 5.73 Å². The van der Waals surface area contributed by atoms with E-state index in [9.17, 15) is 4.79 Å². The lowest BCUT2D eigenvalue weighted by Gasteiger charge is -2.17. The third-order valence-electron chi connectivity index (χ3n) is 3.01. The lowest BCUT2D eigenvalue weighted by atomic mass is 10.1. The van der Waals surface area contributed by atoms with Crippen molar-refractivity contribution in [2.45, 2.75) is 36.7 Å². The van der Waals surface area contributed by atoms with Crippen molar-refractivity contribution in [3.05, 3.63) is 46.4 Å². The van der Waals surface area contributed by atoms with Crippen LogP contribution in [-0.2, 0) is 0 Å². The predicted molar refractivity (Wildman–Crippen MR) is 84.8 cm³/mol. The quantitative estimate of drug-likeness (QED) is 0.433. The van der Waals surface area contributed by atoms with Crippen LogP contribution in [0.5, 0.6) is 0 Å². The van der Waals surface area contributed by atoms with Crippen molar-refractivity contribution in [1.29, 1.82) is 5.41 Å². The third kappa shape index (κ3) is 3.75. The maximum atomic E-state index is 11.8. The van der Waals surface area contributed by atoms with Crippen LogP contribution in [0, 0.1) is 5.41 Å². The summed E-state index contributed by atoms with van der Waals surface area (Å²) in [5.41, 5.74) is 6.40. The molecule has 112 valence electrons. The van der Waals surface area contributed by atoms with Gasteiger partial charge in [0.25, 0.3) is 0 Å². The Kier molecular flexibility index (Phi) is 4.85. The summed E-state index contributed by atoms with van der Waals surface area (Å²) in [6, 6.07) is 9.84. The Morgan fingerprint density at radius 2 is 2.10 bits per heavy atom. The number of amidine groups is 1. The number of H-pyrrole nitrogens is 1. The van der Waals surface area contributed by atoms with Crippen LogP contribution in [0.25, 0.3) is 0 Å². The minimum absolute atomic E-state index is 0.0208. The van der Waals surface area contributed by atoms with Gasteiger partial charge in [-0.25, -0.2) is 9.89 Å². The number of benzene rings is 1. The molecule has 0 aliphatic rings. The average molecular weight is 305 g/mol. The molecule has 6 nitrogen and oxygen atoms in total. The molecule has 1 aromatic carbocycles. The predicted octanol–water partition coefficient (Wildman–Crippen LogP) is 2.31. The first-order valence-corrected chi connectivity index (χ1v) is 7.58. The molecule has 2 rings (SSSR count). The molecule has 0 amide bonds. The number of hydrogen-bond donors (Lipinski definition) is 3. The molecule has 7 heteroatoms. The van der Waals surface area contributed by atoms with Gasteiger partial charge in [0.1, 0.15) is 0 Å². The molecule has 0 saturated carbocycles. The third-order valence-corrected chi connectivity index (χ3v) is 4.23. The molecule has 1 atom stereocenters. The van der Waals surface area contributed by atoms with Crippen LogP contribution in [0.2, 0.25) is 0 Å². The van der Waals surface area contributed by atoms with Gasteiger partial charge in [-0.1, -0.05) is 42.1 Å². The SMILES string of the molecule is CC(C)n1c(SC(CC(=N)N)c2ccccc2)n[nH]c1=O. The van der Waals surface area contributed by atoms with E-state index in [0.717, 1.165) is 5.56 Å². The first-order valence-electron chi connectivity index (χ1n) is 6.70. The number of rotatable bonds is 6. The molecule has 1 unspecified atom stereocenters. The number of nitrogens with one attached hydrogen (secondary N) is 2. The van der Waals surface area contributed by atoms with Crippen molar-refractivity contribution in [1.82, 2.24) is 14.8 Å². The van der Waals surface area contributed by atoms with E-state index in [1.54, 1.807) is 4.57 Å². The number of nitrogens with zero attached hydrogens (tertiary/aromatic N) is 2. The fourth-order valence-corrected chi connectivity index (χ4v) is 3.37. The van der Waals surface area contributed by atoms with Gasteiger partial charge in [-0.3, -0.25) is 9.98 Å². The van der Waals surface area contributed by atoms with Gasteiger partial charge in [-0.15, -0.1) is 5.10 Å². The Labute approximate surface area is 127 Å². The van der Waals surface area contributed by atoms with E-state index in [0.29, 0.717) is 11.6 Å². The average Bonchev–Trinajstić information content (AvgIpc) is 2.79.